The number of carbonyl (C=O) groups excluding carboxylic acids is 12. The van der Waals surface area contributed by atoms with Crippen LogP contribution in [-0.4, -0.2) is 285 Å². The van der Waals surface area contributed by atoms with Gasteiger partial charge in [-0.05, 0) is 138 Å². The topological polar surface area (TPSA) is 598 Å². The van der Waals surface area contributed by atoms with Gasteiger partial charge in [-0.1, -0.05) is 114 Å². The first-order chi connectivity index (χ1) is 63.8. The quantitative estimate of drug-likeness (QED) is 0.00591. The fraction of sp³-hybridized carbons (Fsp3) is 0.618. The maximum Gasteiger partial charge on any atom is 0.426 e. The number of ketones is 3. The minimum atomic E-state index is -2.51. The number of hydrogen-bond acceptors (Lipinski definition) is 34. The average Bonchev–Trinajstić information content (AvgIpc) is 0.762. The number of cyclic esters (lactones) is 1. The first-order valence-electron chi connectivity index (χ1n) is 44.6. The number of nitrogens with one attached hydrogen (secondary N) is 10. The van der Waals surface area contributed by atoms with Crippen LogP contribution in [0.2, 0.25) is 0 Å². The zero-order valence-corrected chi connectivity index (χ0v) is 80.6. The number of hydrogen-bond donors (Lipinski definition) is 15. The van der Waals surface area contributed by atoms with Crippen LogP contribution >= 0.6 is 43.2 Å². The molecule has 5 heterocycles. The van der Waals surface area contributed by atoms with Gasteiger partial charge < -0.3 is 106 Å². The normalized spacial score (nSPS) is 25.3. The molecular formula is C89H129N15O26S4. The van der Waals surface area contributed by atoms with Crippen LogP contribution in [0.4, 0.5) is 21.2 Å². The number of nitrogens with zero attached hydrogens (tertiary/aromatic N) is 4. The van der Waals surface area contributed by atoms with Crippen molar-refractivity contribution in [1.29, 1.82) is 5.41 Å². The summed E-state index contributed by atoms with van der Waals surface area (Å²) in [6, 6.07) is 0.517. The number of aliphatic hydroxyl groups is 2. The smallest absolute Gasteiger partial charge is 0.426 e. The van der Waals surface area contributed by atoms with Crippen LogP contribution in [0.5, 0.6) is 0 Å². The van der Waals surface area contributed by atoms with Crippen LogP contribution < -0.4 is 54.0 Å². The Morgan fingerprint density at radius 3 is 2.18 bits per heavy atom. The second-order valence-electron chi connectivity index (χ2n) is 33.6. The number of carbonyl (C=O) groups is 14. The van der Waals surface area contributed by atoms with E-state index >= 15 is 0 Å². The molecule has 16 N–H and O–H groups in total. The maximum atomic E-state index is 14.8. The molecule has 1 saturated carbocycles. The number of nitrogen functional groups attached to an aromatic ring is 1. The van der Waals surface area contributed by atoms with Crippen molar-refractivity contribution in [1.82, 2.24) is 62.3 Å². The summed E-state index contributed by atoms with van der Waals surface area (Å²) in [4.78, 5) is 202. The van der Waals surface area contributed by atoms with Crippen LogP contribution in [0.15, 0.2) is 78.1 Å². The molecule has 18 atom stereocenters. The monoisotopic (exact) mass is 1950 g/mol. The lowest BCUT2D eigenvalue weighted by molar-refractivity contribution is -0.265. The number of H-pyrrole nitrogens is 1. The zero-order valence-electron chi connectivity index (χ0n) is 77.3. The second-order valence-corrected chi connectivity index (χ2v) is 39.0. The predicted octanol–water partition coefficient (Wildman–Crippen LogP) is 6.04. The molecule has 1 aliphatic carbocycles. The Hall–Kier alpha value is -10.1. The third-order valence-electron chi connectivity index (χ3n) is 23.3. The van der Waals surface area contributed by atoms with Gasteiger partial charge >= 0.3 is 30.1 Å². The van der Waals surface area contributed by atoms with Crippen LogP contribution in [0.1, 0.15) is 168 Å². The van der Waals surface area contributed by atoms with E-state index in [0.717, 1.165) is 39.0 Å². The number of hydrazine groups is 1. The number of allylic oxidation sites excluding steroid dienone is 6. The van der Waals surface area contributed by atoms with Gasteiger partial charge in [-0.2, -0.15) is 4.98 Å². The van der Waals surface area contributed by atoms with Crippen LogP contribution in [-0.2, 0) is 97.2 Å². The lowest BCUT2D eigenvalue weighted by Gasteiger charge is -2.42. The van der Waals surface area contributed by atoms with Gasteiger partial charge in [-0.25, -0.2) is 39.4 Å². The van der Waals surface area contributed by atoms with E-state index < -0.39 is 168 Å². The number of piperidine rings is 1. The van der Waals surface area contributed by atoms with Gasteiger partial charge in [0.05, 0.1) is 49.5 Å². The Kier molecular flexibility index (Phi) is 46.7. The molecule has 0 unspecified atom stereocenters. The Bertz CT molecular complexity index is 4700. The van der Waals surface area contributed by atoms with Gasteiger partial charge in [0.25, 0.3) is 17.6 Å². The van der Waals surface area contributed by atoms with Crippen molar-refractivity contribution in [3.8, 4) is 0 Å². The van der Waals surface area contributed by atoms with Crippen molar-refractivity contribution in [2.45, 2.75) is 231 Å². The van der Waals surface area contributed by atoms with Crippen molar-refractivity contribution in [3.63, 3.8) is 0 Å². The van der Waals surface area contributed by atoms with E-state index in [1.165, 1.54) is 47.0 Å². The number of Topliss-reactive ketones (excluding diaryl/α,β-unsaturated/α-hetero) is 3. The number of amides is 8. The number of rotatable bonds is 38. The molecule has 8 amide bonds. The molecule has 134 heavy (non-hydrogen) atoms. The van der Waals surface area contributed by atoms with E-state index in [4.69, 9.17) is 49.0 Å². The number of anilines is 2. The summed E-state index contributed by atoms with van der Waals surface area (Å²) >= 11 is 0. The predicted molar refractivity (Wildman–Crippen MR) is 499 cm³/mol. The standard InChI is InChI=1S/C89H129N15O26S4/c1-49-17-13-12-14-18-50(2)68(123-9)43-61-26-20-55(7)89(122,130-61)77(111)82(114)104-32-16-15-19-65(104)85(119)129-69(44-66(106)51(3)40-54(6)75(110)76(125-11)74(109)53(5)39-49)52(4)41-57-21-28-67(70(42-57)124-10)126-33-34-127-87(120)92-31-37-132-131-36-30-71(107)94-47-63(96-56(8)105)81(113)99-64(84(117)118)48-134-133-38-35-128-88(121)103-102-72(108)29-27-62(83(115)116)98-80(112)58-22-24-59(25-23-58)93-45-60-46-95-79-73(97-60)78(90)100-86(91)101-79/h12-14,17-18,22-25,40,46,49,51-53,55,57,61-65,67-70,75-76,93,110,122H,15-16,19-21,26-39,41-45,47-48H2,1-11H3,(H,92,120)(H,94,107)(H,96,105)(H,98,112)(H,99,113)(H,102,108)(H,103,121)(H,115,116)(H,117,118)(H4,90,91,95,100,101)/b14-12?,17-13+,50-18?,54-40+/t49-,51-,52-,53-,55-,57+,61+,62+,63+,64+,65+,67-,68+,69+,70-,75-,76+,89-/m1/s1. The first-order valence-corrected chi connectivity index (χ1v) is 49.5. The molecule has 41 nitrogen and oxygen atoms in total. The molecule has 3 fully saturated rings. The highest BCUT2D eigenvalue weighted by atomic mass is 33.1. The van der Waals surface area contributed by atoms with E-state index in [1.54, 1.807) is 60.1 Å². The van der Waals surface area contributed by atoms with Crippen LogP contribution in [0, 0.1) is 40.9 Å². The highest BCUT2D eigenvalue weighted by Crippen LogP contribution is 2.39. The van der Waals surface area contributed by atoms with E-state index in [0.29, 0.717) is 86.2 Å². The minimum Gasteiger partial charge on any atom is -0.480 e. The summed E-state index contributed by atoms with van der Waals surface area (Å²) < 4.78 is 46.7. The first kappa shape index (κ1) is 111. The van der Waals surface area contributed by atoms with Crippen LogP contribution in [0.3, 0.4) is 0 Å². The molecule has 1 aromatic carbocycles. The van der Waals surface area contributed by atoms with E-state index in [9.17, 15) is 87.5 Å². The maximum absolute atomic E-state index is 14.8. The van der Waals surface area contributed by atoms with E-state index in [1.807, 2.05) is 56.6 Å². The number of ether oxygens (including phenoxy) is 8. The number of nitrogens with two attached hydrogens (primary N) is 1. The number of benzene rings is 1. The molecule has 2 aromatic heterocycles. The summed E-state index contributed by atoms with van der Waals surface area (Å²) in [6.45, 7) is 13.4. The molecule has 0 spiro atoms. The molecule has 0 radical (unpaired) electrons. The van der Waals surface area contributed by atoms with Gasteiger partial charge in [0, 0.05) is 126 Å². The fourth-order valence-corrected chi connectivity index (χ4v) is 19.6. The summed E-state index contributed by atoms with van der Waals surface area (Å²) in [5, 5.41) is 67.0. The lowest BCUT2D eigenvalue weighted by atomic mass is 9.78. The number of methoxy groups -OCH3 is 3. The van der Waals surface area contributed by atoms with E-state index in [-0.39, 0.29) is 147 Å². The summed E-state index contributed by atoms with van der Waals surface area (Å²) in [5.74, 6) is -14.6. The average molecular weight is 1950 g/mol. The Morgan fingerprint density at radius 2 is 1.47 bits per heavy atom. The third-order valence-corrected chi connectivity index (χ3v) is 28.1. The summed E-state index contributed by atoms with van der Waals surface area (Å²) in [7, 11) is 9.26. The highest BCUT2D eigenvalue weighted by Gasteiger charge is 2.53. The molecular weight excluding hydrogens is 1820 g/mol. The van der Waals surface area contributed by atoms with Gasteiger partial charge in [0.2, 0.25) is 35.4 Å². The zero-order chi connectivity index (χ0) is 98.3. The molecule has 2 bridgehead atoms. The number of aromatic amines is 1. The number of aromatic nitrogens is 4. The minimum absolute atomic E-state index is 0.00468. The third kappa shape index (κ3) is 35.9. The van der Waals surface area contributed by atoms with Gasteiger partial charge in [-0.15, -0.1) is 0 Å². The van der Waals surface area contributed by atoms with Gasteiger partial charge in [0.1, 0.15) is 61.5 Å². The Morgan fingerprint density at radius 1 is 0.746 bits per heavy atom. The molecule has 740 valence electrons. The lowest BCUT2D eigenvalue weighted by Crippen LogP contribution is -2.61. The molecule has 4 aliphatic rings. The number of fused-ring (bicyclic) bond motifs is 4. The summed E-state index contributed by atoms with van der Waals surface area (Å²) in [5.41, 5.74) is 12.4. The van der Waals surface area contributed by atoms with Crippen molar-refractivity contribution in [2.24, 2.45) is 35.5 Å². The van der Waals surface area contributed by atoms with Crippen molar-refractivity contribution in [2.75, 3.05) is 94.8 Å². The van der Waals surface area contributed by atoms with Crippen molar-refractivity contribution < 1.29 is 125 Å². The van der Waals surface area contributed by atoms with Crippen LogP contribution in [0.25, 0.3) is 11.2 Å². The van der Waals surface area contributed by atoms with Gasteiger partial charge in [0.15, 0.2) is 22.4 Å². The molecule has 3 aromatic rings. The second kappa shape index (κ2) is 56.4. The van der Waals surface area contributed by atoms with Gasteiger partial charge in [-0.3, -0.25) is 54.0 Å². The number of esters is 1. The Labute approximate surface area is 793 Å². The van der Waals surface area contributed by atoms with Crippen molar-refractivity contribution in [3.05, 3.63) is 94.8 Å². The Balaban J connectivity index is 0.783. The van der Waals surface area contributed by atoms with E-state index in [2.05, 4.69) is 57.3 Å². The number of aliphatic hydroxyl groups excluding tert-OH is 1. The summed E-state index contributed by atoms with van der Waals surface area (Å²) in [6.07, 6.45) is 8.87. The number of carboxylic acids is 2. The number of alkyl carbamates (subject to hydrolysis) is 1. The van der Waals surface area contributed by atoms with Crippen molar-refractivity contribution >= 4 is 149 Å². The fourth-order valence-electron chi connectivity index (χ4n) is 15.7. The largest absolute Gasteiger partial charge is 0.480 e. The molecule has 3 aliphatic heterocycles. The number of aliphatic carboxylic acids is 2. The molecule has 2 saturated heterocycles. The molecule has 7 rings (SSSR count). The highest BCUT2D eigenvalue weighted by molar-refractivity contribution is 8.77. The number of carboxylic acid groups (broad SMARTS) is 2. The SMILES string of the molecule is CO[C@H]1C[C@@H]2CC[C@@H](C)[C@@](O)(O2)C(=O)C(=O)N2CCCC[C@H]2C(=O)O[C@H]([C@H](C)C[C@@H]2CC[C@@H](OCCOC(=O)NCCSSCCC(=O)NC[C@H](NC(C)=O)C(=O)N[C@@H](CSSCCOC(=O)NNC(=O)CC[C@H](NC(=O)c3ccc(NCc4cnc5nc(N)[nH]c(=N)c5n4)cc3)C(=O)O)C(=O)O)[C@H](OC)C2)CC(=O)[C@H](C)/C=C(\C)[C@@H](O)[C@@H](OC)C(=O)[C@H](C)C[C@H](C)/C=C/C=CC=C1C. The molecule has 45 heteroatoms.